The second-order valence-electron chi connectivity index (χ2n) is 3.96. The summed E-state index contributed by atoms with van der Waals surface area (Å²) >= 11 is 0. The van der Waals surface area contributed by atoms with Gasteiger partial charge in [0.2, 0.25) is 0 Å². The number of Topliss-reactive ketones (excluding diaryl/α,β-unsaturated/α-hetero) is 1. The average molecular weight is 200 g/mol. The summed E-state index contributed by atoms with van der Waals surface area (Å²) in [5.41, 5.74) is 0. The van der Waals surface area contributed by atoms with Gasteiger partial charge in [0.05, 0.1) is 6.54 Å². The number of urea groups is 1. The topological polar surface area (TPSA) is 49.4 Å². The predicted octanol–water partition coefficient (Wildman–Crippen LogP) is 1.40. The Morgan fingerprint density at radius 3 is 1.86 bits per heavy atom. The van der Waals surface area contributed by atoms with Gasteiger partial charge in [-0.2, -0.15) is 0 Å². The maximum absolute atomic E-state index is 11.6. The lowest BCUT2D eigenvalue weighted by molar-refractivity contribution is -0.116. The molecule has 0 aromatic carbocycles. The Morgan fingerprint density at radius 1 is 1.14 bits per heavy atom. The number of rotatable bonds is 4. The minimum atomic E-state index is -0.176. The molecule has 82 valence electrons. The monoisotopic (exact) mass is 200 g/mol. The van der Waals surface area contributed by atoms with E-state index in [9.17, 15) is 9.59 Å². The summed E-state index contributed by atoms with van der Waals surface area (Å²) in [5.74, 6) is -0.0363. The van der Waals surface area contributed by atoms with Gasteiger partial charge in [-0.25, -0.2) is 4.79 Å². The first-order valence-electron chi connectivity index (χ1n) is 4.91. The molecule has 1 N–H and O–H groups in total. The second-order valence-corrected chi connectivity index (χ2v) is 3.96. The molecule has 0 fully saturated rings. The quantitative estimate of drug-likeness (QED) is 0.745. The molecule has 0 bridgehead atoms. The first-order valence-corrected chi connectivity index (χ1v) is 4.91. The molecule has 0 saturated heterocycles. The molecule has 0 spiro atoms. The Kier molecular flexibility index (Phi) is 5.20. The number of nitrogens with one attached hydrogen (secondary N) is 1. The molecule has 0 aliphatic rings. The van der Waals surface area contributed by atoms with Gasteiger partial charge in [0, 0.05) is 12.1 Å². The van der Waals surface area contributed by atoms with Crippen LogP contribution in [-0.4, -0.2) is 35.3 Å². The molecule has 0 rings (SSSR count). The van der Waals surface area contributed by atoms with E-state index in [-0.39, 0.29) is 30.4 Å². The van der Waals surface area contributed by atoms with Crippen molar-refractivity contribution in [3.8, 4) is 0 Å². The summed E-state index contributed by atoms with van der Waals surface area (Å²) in [7, 11) is 0. The number of ketones is 1. The van der Waals surface area contributed by atoms with E-state index in [4.69, 9.17) is 0 Å². The van der Waals surface area contributed by atoms with Crippen LogP contribution in [0.3, 0.4) is 0 Å². The molecule has 4 nitrogen and oxygen atoms in total. The van der Waals surface area contributed by atoms with Gasteiger partial charge in [0.25, 0.3) is 0 Å². The van der Waals surface area contributed by atoms with Crippen molar-refractivity contribution in [3.63, 3.8) is 0 Å². The molecule has 0 aliphatic carbocycles. The summed E-state index contributed by atoms with van der Waals surface area (Å²) in [5, 5.41) is 2.58. The Balaban J connectivity index is 4.23. The number of carbonyl (C=O) groups is 2. The van der Waals surface area contributed by atoms with E-state index < -0.39 is 0 Å². The maximum Gasteiger partial charge on any atom is 0.318 e. The van der Waals surface area contributed by atoms with Crippen molar-refractivity contribution >= 4 is 11.8 Å². The molecular weight excluding hydrogens is 180 g/mol. The highest BCUT2D eigenvalue weighted by Crippen LogP contribution is 2.04. The zero-order valence-electron chi connectivity index (χ0n) is 9.63. The molecule has 0 unspecified atom stereocenters. The third kappa shape index (κ3) is 4.25. The van der Waals surface area contributed by atoms with E-state index >= 15 is 0 Å². The molecule has 2 amide bonds. The predicted molar refractivity (Wildman–Crippen MR) is 56.2 cm³/mol. The number of nitrogens with zero attached hydrogens (tertiary/aromatic N) is 1. The fraction of sp³-hybridized carbons (Fsp3) is 0.800. The van der Waals surface area contributed by atoms with Crippen molar-refractivity contribution in [1.82, 2.24) is 10.2 Å². The first-order chi connectivity index (χ1) is 6.36. The first kappa shape index (κ1) is 12.9. The highest BCUT2D eigenvalue weighted by molar-refractivity contribution is 5.83. The maximum atomic E-state index is 11.6. The molecular formula is C10H20N2O2. The Morgan fingerprint density at radius 2 is 1.57 bits per heavy atom. The minimum absolute atomic E-state index is 0.0363. The zero-order valence-corrected chi connectivity index (χ0v) is 9.63. The van der Waals surface area contributed by atoms with Crippen LogP contribution in [0.4, 0.5) is 4.79 Å². The fourth-order valence-corrected chi connectivity index (χ4v) is 1.36. The van der Waals surface area contributed by atoms with Crippen molar-refractivity contribution in [1.29, 1.82) is 0 Å². The largest absolute Gasteiger partial charge is 0.331 e. The molecule has 4 heteroatoms. The molecule has 0 radical (unpaired) electrons. The number of hydrogen-bond acceptors (Lipinski definition) is 2. The molecule has 0 atom stereocenters. The van der Waals surface area contributed by atoms with Gasteiger partial charge in [-0.1, -0.05) is 0 Å². The van der Waals surface area contributed by atoms with E-state index in [0.29, 0.717) is 0 Å². The van der Waals surface area contributed by atoms with E-state index in [2.05, 4.69) is 5.32 Å². The summed E-state index contributed by atoms with van der Waals surface area (Å²) in [4.78, 5) is 24.0. The lowest BCUT2D eigenvalue weighted by Gasteiger charge is -2.30. The highest BCUT2D eigenvalue weighted by Gasteiger charge is 2.19. The van der Waals surface area contributed by atoms with Gasteiger partial charge in [-0.15, -0.1) is 0 Å². The fourth-order valence-electron chi connectivity index (χ4n) is 1.36. The van der Waals surface area contributed by atoms with Crippen LogP contribution in [-0.2, 0) is 4.79 Å². The molecule has 0 heterocycles. The molecule has 0 aromatic rings. The standard InChI is InChI=1S/C10H20N2O2/c1-7(2)12(8(3)4)10(14)11-6-9(5)13/h7-8H,6H2,1-5H3,(H,11,14). The lowest BCUT2D eigenvalue weighted by Crippen LogP contribution is -2.48. The van der Waals surface area contributed by atoms with Crippen molar-refractivity contribution in [2.75, 3.05) is 6.54 Å². The zero-order chi connectivity index (χ0) is 11.3. The van der Waals surface area contributed by atoms with Crippen LogP contribution in [0.2, 0.25) is 0 Å². The summed E-state index contributed by atoms with van der Waals surface area (Å²) in [6.07, 6.45) is 0. The van der Waals surface area contributed by atoms with Crippen LogP contribution < -0.4 is 5.32 Å². The Hall–Kier alpha value is -1.06. The number of amides is 2. The lowest BCUT2D eigenvalue weighted by atomic mass is 10.2. The van der Waals surface area contributed by atoms with Crippen LogP contribution >= 0.6 is 0 Å². The van der Waals surface area contributed by atoms with Gasteiger partial charge < -0.3 is 10.2 Å². The third-order valence-corrected chi connectivity index (χ3v) is 1.84. The van der Waals surface area contributed by atoms with E-state index in [1.54, 1.807) is 4.90 Å². The SMILES string of the molecule is CC(=O)CNC(=O)N(C(C)C)C(C)C. The van der Waals surface area contributed by atoms with Gasteiger partial charge in [0.1, 0.15) is 5.78 Å². The van der Waals surface area contributed by atoms with Crippen LogP contribution in [0, 0.1) is 0 Å². The van der Waals surface area contributed by atoms with Crippen molar-refractivity contribution in [2.24, 2.45) is 0 Å². The molecule has 0 saturated carbocycles. The van der Waals surface area contributed by atoms with Crippen LogP contribution in [0.5, 0.6) is 0 Å². The van der Waals surface area contributed by atoms with Crippen LogP contribution in [0.15, 0.2) is 0 Å². The second kappa shape index (κ2) is 5.62. The third-order valence-electron chi connectivity index (χ3n) is 1.84. The van der Waals surface area contributed by atoms with E-state index in [0.717, 1.165) is 0 Å². The van der Waals surface area contributed by atoms with Crippen molar-refractivity contribution in [3.05, 3.63) is 0 Å². The smallest absolute Gasteiger partial charge is 0.318 e. The number of hydrogen-bond donors (Lipinski definition) is 1. The molecule has 14 heavy (non-hydrogen) atoms. The Bertz CT molecular complexity index is 204. The van der Waals surface area contributed by atoms with Gasteiger partial charge in [-0.3, -0.25) is 4.79 Å². The van der Waals surface area contributed by atoms with Gasteiger partial charge >= 0.3 is 6.03 Å². The summed E-state index contributed by atoms with van der Waals surface area (Å²) in [6.45, 7) is 9.37. The molecule has 0 aliphatic heterocycles. The minimum Gasteiger partial charge on any atom is -0.331 e. The van der Waals surface area contributed by atoms with Crippen molar-refractivity contribution < 1.29 is 9.59 Å². The number of carbonyl (C=O) groups excluding carboxylic acids is 2. The summed E-state index contributed by atoms with van der Waals surface area (Å²) < 4.78 is 0. The highest BCUT2D eigenvalue weighted by atomic mass is 16.2. The van der Waals surface area contributed by atoms with E-state index in [1.165, 1.54) is 6.92 Å². The van der Waals surface area contributed by atoms with Crippen LogP contribution in [0.25, 0.3) is 0 Å². The summed E-state index contributed by atoms with van der Waals surface area (Å²) in [6, 6.07) is 0.106. The van der Waals surface area contributed by atoms with Crippen LogP contribution in [0.1, 0.15) is 34.6 Å². The van der Waals surface area contributed by atoms with Crippen molar-refractivity contribution in [2.45, 2.75) is 46.7 Å². The molecule has 0 aromatic heterocycles. The average Bonchev–Trinajstić information content (AvgIpc) is 1.99. The van der Waals surface area contributed by atoms with Gasteiger partial charge in [-0.05, 0) is 34.6 Å². The normalized spacial score (nSPS) is 10.5. The van der Waals surface area contributed by atoms with Gasteiger partial charge in [0.15, 0.2) is 0 Å². The van der Waals surface area contributed by atoms with E-state index in [1.807, 2.05) is 27.7 Å². The Labute approximate surface area is 85.7 Å².